The molecule has 0 aliphatic heterocycles. The average molecular weight is 303 g/mol. The molecule has 21 heavy (non-hydrogen) atoms. The van der Waals surface area contributed by atoms with Gasteiger partial charge in [0.25, 0.3) is 5.19 Å². The lowest BCUT2D eigenvalue weighted by Gasteiger charge is -2.21. The quantitative estimate of drug-likeness (QED) is 0.910. The van der Waals surface area contributed by atoms with Crippen molar-refractivity contribution in [3.8, 4) is 10.9 Å². The molecule has 1 aromatic heterocycles. The van der Waals surface area contributed by atoms with E-state index in [0.717, 1.165) is 17.3 Å². The van der Waals surface area contributed by atoms with Crippen LogP contribution in [0.1, 0.15) is 44.2 Å². The molecule has 4 nitrogen and oxygen atoms in total. The maximum atomic E-state index is 5.96. The standard InChI is InChI=1S/C16H21N3OS/c1-16(2,3)12-6-4-5-7-13(12)20-15-19-18-14(21-15)10-17-11-8-9-11/h4-7,11,17H,8-10H2,1-3H3. The molecule has 1 aliphatic carbocycles. The lowest BCUT2D eigenvalue weighted by atomic mass is 9.86. The third-order valence-corrected chi connectivity index (χ3v) is 4.26. The molecule has 2 aromatic rings. The zero-order valence-corrected chi connectivity index (χ0v) is 13.5. The van der Waals surface area contributed by atoms with Crippen molar-refractivity contribution in [2.45, 2.75) is 51.6 Å². The monoisotopic (exact) mass is 303 g/mol. The third kappa shape index (κ3) is 3.80. The van der Waals surface area contributed by atoms with E-state index < -0.39 is 0 Å². The highest BCUT2D eigenvalue weighted by Crippen LogP contribution is 2.34. The molecule has 0 amide bonds. The van der Waals surface area contributed by atoms with Crippen molar-refractivity contribution in [3.05, 3.63) is 34.8 Å². The molecule has 1 aromatic carbocycles. The molecule has 3 rings (SSSR count). The van der Waals surface area contributed by atoms with Crippen LogP contribution in [0, 0.1) is 0 Å². The topological polar surface area (TPSA) is 47.0 Å². The van der Waals surface area contributed by atoms with Gasteiger partial charge in [0.1, 0.15) is 10.8 Å². The molecular weight excluding hydrogens is 282 g/mol. The highest BCUT2D eigenvalue weighted by Gasteiger charge is 2.22. The number of aromatic nitrogens is 2. The van der Waals surface area contributed by atoms with Crippen molar-refractivity contribution in [1.29, 1.82) is 0 Å². The minimum Gasteiger partial charge on any atom is -0.429 e. The minimum absolute atomic E-state index is 0.0393. The molecule has 0 radical (unpaired) electrons. The molecule has 1 saturated carbocycles. The first-order valence-electron chi connectivity index (χ1n) is 7.35. The third-order valence-electron chi connectivity index (χ3n) is 3.46. The van der Waals surface area contributed by atoms with Gasteiger partial charge in [-0.1, -0.05) is 55.4 Å². The highest BCUT2D eigenvalue weighted by molar-refractivity contribution is 7.13. The van der Waals surface area contributed by atoms with Crippen LogP contribution in [0.4, 0.5) is 0 Å². The van der Waals surface area contributed by atoms with E-state index in [9.17, 15) is 0 Å². The summed E-state index contributed by atoms with van der Waals surface area (Å²) in [5, 5.41) is 13.3. The number of hydrogen-bond donors (Lipinski definition) is 1. The molecule has 0 saturated heterocycles. The number of rotatable bonds is 5. The van der Waals surface area contributed by atoms with Crippen LogP contribution in [0.25, 0.3) is 0 Å². The molecule has 112 valence electrons. The van der Waals surface area contributed by atoms with Gasteiger partial charge in [-0.15, -0.1) is 5.10 Å². The van der Waals surface area contributed by atoms with Crippen LogP contribution in [-0.4, -0.2) is 16.2 Å². The van der Waals surface area contributed by atoms with Crippen molar-refractivity contribution < 1.29 is 4.74 Å². The van der Waals surface area contributed by atoms with E-state index in [2.05, 4.69) is 42.4 Å². The Morgan fingerprint density at radius 1 is 1.24 bits per heavy atom. The van der Waals surface area contributed by atoms with Gasteiger partial charge in [-0.2, -0.15) is 0 Å². The summed E-state index contributed by atoms with van der Waals surface area (Å²) < 4.78 is 5.96. The fraction of sp³-hybridized carbons (Fsp3) is 0.500. The second-order valence-corrected chi connectivity index (χ2v) is 7.49. The lowest BCUT2D eigenvalue weighted by Crippen LogP contribution is -2.14. The predicted octanol–water partition coefficient (Wildman–Crippen LogP) is 3.88. The fourth-order valence-electron chi connectivity index (χ4n) is 2.14. The lowest BCUT2D eigenvalue weighted by molar-refractivity contribution is 0.448. The van der Waals surface area contributed by atoms with Gasteiger partial charge in [0.15, 0.2) is 0 Å². The van der Waals surface area contributed by atoms with Crippen molar-refractivity contribution in [2.75, 3.05) is 0 Å². The summed E-state index contributed by atoms with van der Waals surface area (Å²) in [6.45, 7) is 7.33. The number of para-hydroxylation sites is 1. The Morgan fingerprint density at radius 3 is 2.71 bits per heavy atom. The maximum absolute atomic E-state index is 5.96. The molecule has 1 heterocycles. The van der Waals surface area contributed by atoms with Gasteiger partial charge in [0, 0.05) is 11.6 Å². The summed E-state index contributed by atoms with van der Waals surface area (Å²) in [6, 6.07) is 8.80. The molecule has 0 atom stereocenters. The van der Waals surface area contributed by atoms with Gasteiger partial charge < -0.3 is 10.1 Å². The number of benzene rings is 1. The zero-order valence-electron chi connectivity index (χ0n) is 12.7. The fourth-order valence-corrected chi connectivity index (χ4v) is 2.79. The molecule has 1 aliphatic rings. The zero-order chi connectivity index (χ0) is 14.9. The van der Waals surface area contributed by atoms with Crippen molar-refractivity contribution in [2.24, 2.45) is 0 Å². The molecule has 5 heteroatoms. The minimum atomic E-state index is 0.0393. The van der Waals surface area contributed by atoms with E-state index in [0.29, 0.717) is 11.2 Å². The normalized spacial score (nSPS) is 15.2. The Hall–Kier alpha value is -1.46. The largest absolute Gasteiger partial charge is 0.429 e. The molecule has 0 bridgehead atoms. The molecule has 0 unspecified atom stereocenters. The Morgan fingerprint density at radius 2 is 2.00 bits per heavy atom. The first kappa shape index (κ1) is 14.5. The van der Waals surface area contributed by atoms with Gasteiger partial charge in [-0.05, 0) is 24.3 Å². The first-order chi connectivity index (χ1) is 10.0. The summed E-state index contributed by atoms with van der Waals surface area (Å²) in [5.74, 6) is 0.864. The van der Waals surface area contributed by atoms with Gasteiger partial charge in [0.05, 0.1) is 6.54 Å². The van der Waals surface area contributed by atoms with Crippen molar-refractivity contribution in [1.82, 2.24) is 15.5 Å². The maximum Gasteiger partial charge on any atom is 0.299 e. The smallest absolute Gasteiger partial charge is 0.299 e. The van der Waals surface area contributed by atoms with Crippen LogP contribution in [0.2, 0.25) is 0 Å². The Balaban J connectivity index is 1.71. The second-order valence-electron chi connectivity index (χ2n) is 6.47. The molecule has 1 N–H and O–H groups in total. The summed E-state index contributed by atoms with van der Waals surface area (Å²) in [7, 11) is 0. The van der Waals surface area contributed by atoms with Crippen LogP contribution in [-0.2, 0) is 12.0 Å². The van der Waals surface area contributed by atoms with E-state index in [1.165, 1.54) is 29.7 Å². The first-order valence-corrected chi connectivity index (χ1v) is 8.17. The Kier molecular flexibility index (Phi) is 3.95. The average Bonchev–Trinajstić information content (AvgIpc) is 3.16. The molecule has 0 spiro atoms. The predicted molar refractivity (Wildman–Crippen MR) is 85.0 cm³/mol. The van der Waals surface area contributed by atoms with Crippen LogP contribution < -0.4 is 10.1 Å². The van der Waals surface area contributed by atoms with Gasteiger partial charge >= 0.3 is 0 Å². The Bertz CT molecular complexity index is 614. The number of hydrogen-bond acceptors (Lipinski definition) is 5. The number of nitrogens with one attached hydrogen (secondary N) is 1. The number of nitrogens with zero attached hydrogens (tertiary/aromatic N) is 2. The summed E-state index contributed by atoms with van der Waals surface area (Å²) in [6.07, 6.45) is 2.56. The van der Waals surface area contributed by atoms with Crippen molar-refractivity contribution in [3.63, 3.8) is 0 Å². The molecule has 1 fully saturated rings. The SMILES string of the molecule is CC(C)(C)c1ccccc1Oc1nnc(CNC2CC2)s1. The summed E-state index contributed by atoms with van der Waals surface area (Å²) in [5.41, 5.74) is 1.22. The van der Waals surface area contributed by atoms with E-state index in [4.69, 9.17) is 4.74 Å². The molecular formula is C16H21N3OS. The van der Waals surface area contributed by atoms with E-state index >= 15 is 0 Å². The van der Waals surface area contributed by atoms with Crippen LogP contribution in [0.3, 0.4) is 0 Å². The van der Waals surface area contributed by atoms with Crippen molar-refractivity contribution >= 4 is 11.3 Å². The van der Waals surface area contributed by atoms with Crippen LogP contribution in [0.15, 0.2) is 24.3 Å². The van der Waals surface area contributed by atoms with Gasteiger partial charge in [-0.3, -0.25) is 0 Å². The van der Waals surface area contributed by atoms with Crippen LogP contribution >= 0.6 is 11.3 Å². The van der Waals surface area contributed by atoms with E-state index in [1.54, 1.807) is 0 Å². The van der Waals surface area contributed by atoms with Crippen LogP contribution in [0.5, 0.6) is 10.9 Å². The van der Waals surface area contributed by atoms with Gasteiger partial charge in [0.2, 0.25) is 0 Å². The van der Waals surface area contributed by atoms with Gasteiger partial charge in [-0.25, -0.2) is 0 Å². The highest BCUT2D eigenvalue weighted by atomic mass is 32.1. The van der Waals surface area contributed by atoms with E-state index in [1.807, 2.05) is 18.2 Å². The Labute approximate surface area is 129 Å². The summed E-state index contributed by atoms with van der Waals surface area (Å²) in [4.78, 5) is 0. The number of ether oxygens (including phenoxy) is 1. The van der Waals surface area contributed by atoms with E-state index in [-0.39, 0.29) is 5.41 Å². The summed E-state index contributed by atoms with van der Waals surface area (Å²) >= 11 is 1.51. The second kappa shape index (κ2) is 5.73.